The van der Waals surface area contributed by atoms with Crippen LogP contribution in [0.3, 0.4) is 0 Å². The summed E-state index contributed by atoms with van der Waals surface area (Å²) in [5.74, 6) is 0. The van der Waals surface area contributed by atoms with E-state index in [-0.39, 0.29) is 5.44 Å². The molecule has 0 spiro atoms. The standard InChI is InChI=1S/C9H11ClOS/c1-7(12)11-6-8-4-2-3-5-9(8)10/h2-5,7,12H,6H2,1H3. The third-order valence-electron chi connectivity index (χ3n) is 1.44. The normalized spacial score (nSPS) is 12.9. The Labute approximate surface area is 83.1 Å². The molecule has 1 nitrogen and oxygen atoms in total. The molecule has 1 aromatic carbocycles. The number of halogens is 1. The molecule has 0 aromatic heterocycles. The van der Waals surface area contributed by atoms with Gasteiger partial charge in [-0.15, -0.1) is 12.6 Å². The summed E-state index contributed by atoms with van der Waals surface area (Å²) in [7, 11) is 0. The molecular formula is C9H11ClOS. The molecule has 0 N–H and O–H groups in total. The minimum Gasteiger partial charge on any atom is -0.363 e. The highest BCUT2D eigenvalue weighted by molar-refractivity contribution is 7.80. The predicted octanol–water partition coefficient (Wildman–Crippen LogP) is 3.13. The Morgan fingerprint density at radius 1 is 1.50 bits per heavy atom. The molecule has 0 bridgehead atoms. The molecule has 1 unspecified atom stereocenters. The quantitative estimate of drug-likeness (QED) is 0.586. The molecule has 66 valence electrons. The lowest BCUT2D eigenvalue weighted by molar-refractivity contribution is 0.112. The maximum absolute atomic E-state index is 5.90. The van der Waals surface area contributed by atoms with Crippen molar-refractivity contribution in [1.82, 2.24) is 0 Å². The van der Waals surface area contributed by atoms with Crippen LogP contribution in [0.4, 0.5) is 0 Å². The molecule has 1 rings (SSSR count). The van der Waals surface area contributed by atoms with Gasteiger partial charge in [0.2, 0.25) is 0 Å². The molecule has 0 aliphatic heterocycles. The van der Waals surface area contributed by atoms with Crippen LogP contribution in [-0.2, 0) is 11.3 Å². The van der Waals surface area contributed by atoms with Gasteiger partial charge in [0.25, 0.3) is 0 Å². The van der Waals surface area contributed by atoms with Crippen molar-refractivity contribution in [3.05, 3.63) is 34.9 Å². The zero-order valence-electron chi connectivity index (χ0n) is 6.83. The van der Waals surface area contributed by atoms with Crippen molar-refractivity contribution in [2.45, 2.75) is 19.0 Å². The van der Waals surface area contributed by atoms with Crippen LogP contribution in [0, 0.1) is 0 Å². The summed E-state index contributed by atoms with van der Waals surface area (Å²) < 4.78 is 5.29. The van der Waals surface area contributed by atoms with Crippen molar-refractivity contribution in [3.63, 3.8) is 0 Å². The fourth-order valence-electron chi connectivity index (χ4n) is 0.826. The maximum atomic E-state index is 5.90. The van der Waals surface area contributed by atoms with Crippen LogP contribution in [0.2, 0.25) is 5.02 Å². The Bertz CT molecular complexity index is 250. The lowest BCUT2D eigenvalue weighted by atomic mass is 10.2. The van der Waals surface area contributed by atoms with E-state index in [1.807, 2.05) is 31.2 Å². The van der Waals surface area contributed by atoms with Crippen molar-refractivity contribution in [2.24, 2.45) is 0 Å². The van der Waals surface area contributed by atoms with Gasteiger partial charge < -0.3 is 4.74 Å². The van der Waals surface area contributed by atoms with E-state index in [1.54, 1.807) is 0 Å². The van der Waals surface area contributed by atoms with Gasteiger partial charge in [-0.1, -0.05) is 29.8 Å². The lowest BCUT2D eigenvalue weighted by Crippen LogP contribution is -1.99. The van der Waals surface area contributed by atoms with E-state index in [0.29, 0.717) is 6.61 Å². The first-order valence-corrected chi connectivity index (χ1v) is 4.62. The zero-order chi connectivity index (χ0) is 8.97. The van der Waals surface area contributed by atoms with Gasteiger partial charge in [-0.25, -0.2) is 0 Å². The largest absolute Gasteiger partial charge is 0.363 e. The second kappa shape index (κ2) is 4.75. The van der Waals surface area contributed by atoms with Crippen LogP contribution in [-0.4, -0.2) is 5.44 Å². The van der Waals surface area contributed by atoms with Gasteiger partial charge in [-0.05, 0) is 18.6 Å². The van der Waals surface area contributed by atoms with Crippen LogP contribution in [0.1, 0.15) is 12.5 Å². The Kier molecular flexibility index (Phi) is 3.92. The van der Waals surface area contributed by atoms with Crippen LogP contribution in [0.5, 0.6) is 0 Å². The second-order valence-corrected chi connectivity index (χ2v) is 3.64. The molecule has 0 saturated heterocycles. The molecule has 0 saturated carbocycles. The molecule has 3 heteroatoms. The molecule has 0 radical (unpaired) electrons. The number of rotatable bonds is 3. The first-order valence-electron chi connectivity index (χ1n) is 3.73. The topological polar surface area (TPSA) is 9.23 Å². The van der Waals surface area contributed by atoms with E-state index >= 15 is 0 Å². The summed E-state index contributed by atoms with van der Waals surface area (Å²) in [6.45, 7) is 2.39. The van der Waals surface area contributed by atoms with Crippen molar-refractivity contribution < 1.29 is 4.74 Å². The minimum atomic E-state index is -0.0544. The summed E-state index contributed by atoms with van der Waals surface area (Å²) in [6, 6.07) is 7.63. The summed E-state index contributed by atoms with van der Waals surface area (Å²) in [5.41, 5.74) is 0.946. The minimum absolute atomic E-state index is 0.0544. The van der Waals surface area contributed by atoms with E-state index in [1.165, 1.54) is 0 Å². The summed E-state index contributed by atoms with van der Waals surface area (Å²) in [5, 5.41) is 0.742. The monoisotopic (exact) mass is 202 g/mol. The highest BCUT2D eigenvalue weighted by Gasteiger charge is 1.99. The molecule has 12 heavy (non-hydrogen) atoms. The van der Waals surface area contributed by atoms with Gasteiger partial charge in [-0.2, -0.15) is 0 Å². The molecular weight excluding hydrogens is 192 g/mol. The third kappa shape index (κ3) is 3.05. The van der Waals surface area contributed by atoms with Gasteiger partial charge in [0.05, 0.1) is 12.0 Å². The van der Waals surface area contributed by atoms with Crippen molar-refractivity contribution in [1.29, 1.82) is 0 Å². The van der Waals surface area contributed by atoms with Gasteiger partial charge >= 0.3 is 0 Å². The van der Waals surface area contributed by atoms with E-state index in [2.05, 4.69) is 12.6 Å². The van der Waals surface area contributed by atoms with E-state index in [0.717, 1.165) is 10.6 Å². The average Bonchev–Trinajstić information content (AvgIpc) is 2.03. The highest BCUT2D eigenvalue weighted by atomic mass is 35.5. The maximum Gasteiger partial charge on any atom is 0.0975 e. The smallest absolute Gasteiger partial charge is 0.0975 e. The second-order valence-electron chi connectivity index (χ2n) is 2.50. The average molecular weight is 203 g/mol. The van der Waals surface area contributed by atoms with Gasteiger partial charge in [0.1, 0.15) is 0 Å². The van der Waals surface area contributed by atoms with E-state index in [4.69, 9.17) is 16.3 Å². The van der Waals surface area contributed by atoms with Crippen LogP contribution in [0.25, 0.3) is 0 Å². The fourth-order valence-corrected chi connectivity index (χ4v) is 1.09. The number of benzene rings is 1. The van der Waals surface area contributed by atoms with E-state index < -0.39 is 0 Å². The summed E-state index contributed by atoms with van der Waals surface area (Å²) in [4.78, 5) is 0. The Balaban J connectivity index is 2.57. The van der Waals surface area contributed by atoms with Gasteiger partial charge in [0.15, 0.2) is 0 Å². The Morgan fingerprint density at radius 3 is 2.75 bits per heavy atom. The molecule has 1 aromatic rings. The molecule has 0 aliphatic rings. The van der Waals surface area contributed by atoms with Crippen molar-refractivity contribution in [2.75, 3.05) is 0 Å². The van der Waals surface area contributed by atoms with Gasteiger partial charge in [0, 0.05) is 5.02 Å². The molecule has 0 fully saturated rings. The third-order valence-corrected chi connectivity index (χ3v) is 1.96. The molecule has 0 aliphatic carbocycles. The molecule has 0 amide bonds. The van der Waals surface area contributed by atoms with E-state index in [9.17, 15) is 0 Å². The molecule has 0 heterocycles. The number of hydrogen-bond acceptors (Lipinski definition) is 2. The fraction of sp³-hybridized carbons (Fsp3) is 0.333. The van der Waals surface area contributed by atoms with Crippen LogP contribution >= 0.6 is 24.2 Å². The first-order chi connectivity index (χ1) is 5.70. The number of hydrogen-bond donors (Lipinski definition) is 1. The summed E-state index contributed by atoms with van der Waals surface area (Å²) >= 11 is 10.00. The SMILES string of the molecule is CC(S)OCc1ccccc1Cl. The lowest BCUT2D eigenvalue weighted by Gasteiger charge is -2.07. The predicted molar refractivity (Wildman–Crippen MR) is 54.7 cm³/mol. The van der Waals surface area contributed by atoms with Crippen molar-refractivity contribution in [3.8, 4) is 0 Å². The number of thiol groups is 1. The number of ether oxygens (including phenoxy) is 1. The van der Waals surface area contributed by atoms with Crippen molar-refractivity contribution >= 4 is 24.2 Å². The van der Waals surface area contributed by atoms with Crippen LogP contribution < -0.4 is 0 Å². The Morgan fingerprint density at radius 2 is 2.17 bits per heavy atom. The van der Waals surface area contributed by atoms with Crippen LogP contribution in [0.15, 0.2) is 24.3 Å². The first kappa shape index (κ1) is 9.90. The Hall–Kier alpha value is -0.180. The zero-order valence-corrected chi connectivity index (χ0v) is 8.48. The molecule has 1 atom stereocenters. The summed E-state index contributed by atoms with van der Waals surface area (Å²) in [6.07, 6.45) is 0. The highest BCUT2D eigenvalue weighted by Crippen LogP contribution is 2.16. The van der Waals surface area contributed by atoms with Gasteiger partial charge in [-0.3, -0.25) is 0 Å².